The van der Waals surface area contributed by atoms with Crippen LogP contribution in [0.4, 0.5) is 0 Å². The van der Waals surface area contributed by atoms with Gasteiger partial charge in [0.05, 0.1) is 11.1 Å². The second-order valence-electron chi connectivity index (χ2n) is 5.92. The number of β-amino-alcohol motifs (C(OH)–C–C–N with tert-alkyl or cyclic N) is 1. The molecular weight excluding hydrogens is 324 g/mol. The molecule has 2 N–H and O–H groups in total. The molecule has 124 valence electrons. The molecule has 1 unspecified atom stereocenters. The fourth-order valence-electron chi connectivity index (χ4n) is 2.55. The van der Waals surface area contributed by atoms with Gasteiger partial charge < -0.3 is 10.0 Å². The molecule has 2 rings (SSSR count). The average molecular weight is 347 g/mol. The van der Waals surface area contributed by atoms with E-state index in [4.69, 9.17) is 11.6 Å². The van der Waals surface area contributed by atoms with Gasteiger partial charge in [0, 0.05) is 13.1 Å². The maximum atomic E-state index is 12.2. The van der Waals surface area contributed by atoms with Gasteiger partial charge >= 0.3 is 0 Å². The molecule has 1 fully saturated rings. The molecule has 1 aliphatic heterocycles. The summed E-state index contributed by atoms with van der Waals surface area (Å²) >= 11 is 5.90. The van der Waals surface area contributed by atoms with Crippen molar-refractivity contribution < 1.29 is 13.5 Å². The summed E-state index contributed by atoms with van der Waals surface area (Å²) < 4.78 is 26.8. The molecule has 0 aliphatic carbocycles. The molecule has 0 aromatic heterocycles. The van der Waals surface area contributed by atoms with Crippen molar-refractivity contribution >= 4 is 21.6 Å². The average Bonchev–Trinajstić information content (AvgIpc) is 2.48. The van der Waals surface area contributed by atoms with Crippen LogP contribution in [-0.4, -0.2) is 50.7 Å². The first-order valence-electron chi connectivity index (χ1n) is 7.53. The van der Waals surface area contributed by atoms with E-state index in [0.717, 1.165) is 31.8 Å². The van der Waals surface area contributed by atoms with Gasteiger partial charge in [-0.05, 0) is 44.0 Å². The van der Waals surface area contributed by atoms with Crippen molar-refractivity contribution in [2.75, 3.05) is 26.2 Å². The molecule has 0 amide bonds. The molecule has 0 spiro atoms. The molecular formula is C15H23ClN2O3S. The Hall–Kier alpha value is -0.660. The van der Waals surface area contributed by atoms with Gasteiger partial charge in [-0.2, -0.15) is 0 Å². The van der Waals surface area contributed by atoms with Crippen molar-refractivity contribution in [2.24, 2.45) is 5.92 Å². The zero-order valence-electron chi connectivity index (χ0n) is 12.7. The standard InChI is InChI=1S/C15H23ClN2O3S/c1-12-6-8-18(9-7-12)11-13(19)10-17-22(20,21)15-5-3-2-4-14(15)16/h2-5,12-13,17,19H,6-11H2,1H3. The molecule has 0 bridgehead atoms. The van der Waals surface area contributed by atoms with E-state index in [2.05, 4.69) is 16.5 Å². The van der Waals surface area contributed by atoms with Crippen LogP contribution in [0, 0.1) is 5.92 Å². The van der Waals surface area contributed by atoms with Crippen LogP contribution in [-0.2, 0) is 10.0 Å². The van der Waals surface area contributed by atoms with Crippen LogP contribution in [0.3, 0.4) is 0 Å². The van der Waals surface area contributed by atoms with E-state index in [1.165, 1.54) is 12.1 Å². The zero-order valence-corrected chi connectivity index (χ0v) is 14.3. The van der Waals surface area contributed by atoms with Gasteiger partial charge in [-0.3, -0.25) is 0 Å². The monoisotopic (exact) mass is 346 g/mol. The Balaban J connectivity index is 1.85. The van der Waals surface area contributed by atoms with Gasteiger partial charge in [0.25, 0.3) is 0 Å². The van der Waals surface area contributed by atoms with E-state index in [1.807, 2.05) is 0 Å². The summed E-state index contributed by atoms with van der Waals surface area (Å²) in [5, 5.41) is 10.2. The molecule has 0 radical (unpaired) electrons. The number of rotatable bonds is 6. The Bertz CT molecular complexity index is 586. The molecule has 1 aromatic rings. The smallest absolute Gasteiger partial charge is 0.242 e. The summed E-state index contributed by atoms with van der Waals surface area (Å²) in [6.45, 7) is 4.61. The third kappa shape index (κ3) is 4.93. The van der Waals surface area contributed by atoms with Crippen molar-refractivity contribution in [2.45, 2.75) is 30.8 Å². The molecule has 22 heavy (non-hydrogen) atoms. The molecule has 1 heterocycles. The number of nitrogens with zero attached hydrogens (tertiary/aromatic N) is 1. The fraction of sp³-hybridized carbons (Fsp3) is 0.600. The summed E-state index contributed by atoms with van der Waals surface area (Å²) in [5.74, 6) is 0.729. The van der Waals surface area contributed by atoms with Gasteiger partial charge in [0.1, 0.15) is 4.90 Å². The number of aliphatic hydroxyl groups is 1. The minimum atomic E-state index is -3.70. The Labute approximate surface area is 137 Å². The van der Waals surface area contributed by atoms with Crippen LogP contribution >= 0.6 is 11.6 Å². The van der Waals surface area contributed by atoms with Crippen LogP contribution < -0.4 is 4.72 Å². The summed E-state index contributed by atoms with van der Waals surface area (Å²) in [7, 11) is -3.70. The number of sulfonamides is 1. The first kappa shape index (κ1) is 17.7. The maximum absolute atomic E-state index is 12.2. The van der Waals surface area contributed by atoms with E-state index in [9.17, 15) is 13.5 Å². The molecule has 7 heteroatoms. The molecule has 5 nitrogen and oxygen atoms in total. The van der Waals surface area contributed by atoms with Gasteiger partial charge in [0.2, 0.25) is 10.0 Å². The van der Waals surface area contributed by atoms with Gasteiger partial charge in [-0.25, -0.2) is 13.1 Å². The molecule has 1 saturated heterocycles. The van der Waals surface area contributed by atoms with E-state index in [1.54, 1.807) is 12.1 Å². The second-order valence-corrected chi connectivity index (χ2v) is 8.06. The third-order valence-electron chi connectivity index (χ3n) is 3.98. The molecule has 1 aliphatic rings. The number of hydrogen-bond acceptors (Lipinski definition) is 4. The Kier molecular flexibility index (Phi) is 6.23. The van der Waals surface area contributed by atoms with Crippen LogP contribution in [0.5, 0.6) is 0 Å². The van der Waals surface area contributed by atoms with E-state index in [-0.39, 0.29) is 16.5 Å². The normalized spacial score (nSPS) is 19.2. The van der Waals surface area contributed by atoms with E-state index < -0.39 is 16.1 Å². The van der Waals surface area contributed by atoms with Gasteiger partial charge in [0.15, 0.2) is 0 Å². The van der Waals surface area contributed by atoms with Crippen LogP contribution in [0.2, 0.25) is 5.02 Å². The van der Waals surface area contributed by atoms with Crippen molar-refractivity contribution in [1.29, 1.82) is 0 Å². The maximum Gasteiger partial charge on any atom is 0.242 e. The fourth-order valence-corrected chi connectivity index (χ4v) is 4.14. The highest BCUT2D eigenvalue weighted by Gasteiger charge is 2.21. The number of benzene rings is 1. The quantitative estimate of drug-likeness (QED) is 0.822. The number of likely N-dealkylation sites (tertiary alicyclic amines) is 1. The first-order chi connectivity index (χ1) is 10.4. The van der Waals surface area contributed by atoms with Crippen molar-refractivity contribution in [1.82, 2.24) is 9.62 Å². The lowest BCUT2D eigenvalue weighted by molar-refractivity contribution is 0.0942. The Morgan fingerprint density at radius 3 is 2.64 bits per heavy atom. The molecule has 1 atom stereocenters. The number of hydrogen-bond donors (Lipinski definition) is 2. The van der Waals surface area contributed by atoms with Crippen molar-refractivity contribution in [3.05, 3.63) is 29.3 Å². The summed E-state index contributed by atoms with van der Waals surface area (Å²) in [4.78, 5) is 2.21. The highest BCUT2D eigenvalue weighted by atomic mass is 35.5. The predicted molar refractivity (Wildman–Crippen MR) is 87.5 cm³/mol. The third-order valence-corrected chi connectivity index (χ3v) is 5.90. The minimum Gasteiger partial charge on any atom is -0.390 e. The summed E-state index contributed by atoms with van der Waals surface area (Å²) in [5.41, 5.74) is 0. The molecule has 0 saturated carbocycles. The molecule has 1 aromatic carbocycles. The number of nitrogens with one attached hydrogen (secondary N) is 1. The Morgan fingerprint density at radius 1 is 1.36 bits per heavy atom. The lowest BCUT2D eigenvalue weighted by Crippen LogP contribution is -2.43. The van der Waals surface area contributed by atoms with Crippen LogP contribution in [0.1, 0.15) is 19.8 Å². The second kappa shape index (κ2) is 7.75. The minimum absolute atomic E-state index is 0.0143. The van der Waals surface area contributed by atoms with Gasteiger partial charge in [-0.15, -0.1) is 0 Å². The largest absolute Gasteiger partial charge is 0.390 e. The summed E-state index contributed by atoms with van der Waals surface area (Å²) in [6.07, 6.45) is 1.52. The van der Waals surface area contributed by atoms with Crippen molar-refractivity contribution in [3.8, 4) is 0 Å². The predicted octanol–water partition coefficient (Wildman–Crippen LogP) is 1.71. The SMILES string of the molecule is CC1CCN(CC(O)CNS(=O)(=O)c2ccccc2Cl)CC1. The Morgan fingerprint density at radius 2 is 2.00 bits per heavy atom. The lowest BCUT2D eigenvalue weighted by Gasteiger charge is -2.31. The number of aliphatic hydroxyl groups excluding tert-OH is 1. The van der Waals surface area contributed by atoms with Gasteiger partial charge in [-0.1, -0.05) is 30.7 Å². The first-order valence-corrected chi connectivity index (χ1v) is 9.39. The topological polar surface area (TPSA) is 69.6 Å². The van der Waals surface area contributed by atoms with Crippen LogP contribution in [0.25, 0.3) is 0 Å². The zero-order chi connectivity index (χ0) is 16.2. The van der Waals surface area contributed by atoms with E-state index >= 15 is 0 Å². The number of halogens is 1. The number of piperidine rings is 1. The summed E-state index contributed by atoms with van der Waals surface area (Å²) in [6, 6.07) is 6.27. The lowest BCUT2D eigenvalue weighted by atomic mass is 9.99. The van der Waals surface area contributed by atoms with Crippen molar-refractivity contribution in [3.63, 3.8) is 0 Å². The van der Waals surface area contributed by atoms with E-state index in [0.29, 0.717) is 6.54 Å². The highest BCUT2D eigenvalue weighted by Crippen LogP contribution is 2.20. The highest BCUT2D eigenvalue weighted by molar-refractivity contribution is 7.89. The van der Waals surface area contributed by atoms with Crippen LogP contribution in [0.15, 0.2) is 29.2 Å².